The smallest absolute Gasteiger partial charge is 0.335 e. The van der Waals surface area contributed by atoms with Crippen molar-refractivity contribution in [2.45, 2.75) is 51.1 Å². The summed E-state index contributed by atoms with van der Waals surface area (Å²) < 4.78 is 0. The zero-order valence-corrected chi connectivity index (χ0v) is 31.2. The van der Waals surface area contributed by atoms with Crippen LogP contribution in [0, 0.1) is 0 Å². The van der Waals surface area contributed by atoms with Crippen LogP contribution in [0.25, 0.3) is 10.9 Å². The predicted molar refractivity (Wildman–Crippen MR) is 213 cm³/mol. The number of aliphatic carboxylic acids is 1. The maximum atomic E-state index is 13.8. The normalized spacial score (nSPS) is 13.9. The van der Waals surface area contributed by atoms with Gasteiger partial charge in [0.05, 0.1) is 17.5 Å². The number of benzene rings is 4. The van der Waals surface area contributed by atoms with Crippen LogP contribution in [-0.2, 0) is 29.0 Å². The van der Waals surface area contributed by atoms with Gasteiger partial charge in [0.2, 0.25) is 5.91 Å². The molecule has 2 heterocycles. The minimum Gasteiger partial charge on any atom is -0.481 e. The van der Waals surface area contributed by atoms with Crippen molar-refractivity contribution in [1.29, 1.82) is 0 Å². The highest BCUT2D eigenvalue weighted by Crippen LogP contribution is 2.28. The number of likely N-dealkylation sites (tertiary alicyclic amines) is 1. The summed E-state index contributed by atoms with van der Waals surface area (Å²) in [7, 11) is 1.72. The van der Waals surface area contributed by atoms with Gasteiger partial charge in [-0.25, -0.2) is 4.79 Å². The summed E-state index contributed by atoms with van der Waals surface area (Å²) in [6.45, 7) is 1.99. The van der Waals surface area contributed by atoms with Gasteiger partial charge in [-0.15, -0.1) is 12.4 Å². The van der Waals surface area contributed by atoms with Gasteiger partial charge in [-0.1, -0.05) is 54.6 Å². The molecule has 0 radical (unpaired) electrons. The molecule has 286 valence electrons. The highest BCUT2D eigenvalue weighted by atomic mass is 35.5. The van der Waals surface area contributed by atoms with E-state index in [-0.39, 0.29) is 60.4 Å². The van der Waals surface area contributed by atoms with Crippen LogP contribution in [0.2, 0.25) is 0 Å². The molecule has 3 amide bonds. The lowest BCUT2D eigenvalue weighted by Crippen LogP contribution is -2.39. The fourth-order valence-corrected chi connectivity index (χ4v) is 6.85. The Morgan fingerprint density at radius 2 is 1.47 bits per heavy atom. The topological polar surface area (TPSA) is 172 Å². The van der Waals surface area contributed by atoms with Crippen LogP contribution in [-0.4, -0.2) is 80.8 Å². The highest BCUT2D eigenvalue weighted by molar-refractivity contribution is 6.19. The molecule has 0 saturated carbocycles. The second-order valence-electron chi connectivity index (χ2n) is 13.7. The molecule has 1 unspecified atom stereocenters. The number of nitrogens with zero attached hydrogens (tertiary/aromatic N) is 2. The molecule has 1 fully saturated rings. The number of anilines is 2. The molecule has 1 atom stereocenters. The molecular weight excluding hydrogens is 722 g/mol. The first-order chi connectivity index (χ1) is 26.0. The molecule has 1 saturated heterocycles. The third-order valence-electron chi connectivity index (χ3n) is 9.85. The number of nitrogens with one attached hydrogen (secondary N) is 3. The molecule has 1 aliphatic rings. The minimum absolute atomic E-state index is 0. The number of hydrogen-bond donors (Lipinski definition) is 5. The largest absolute Gasteiger partial charge is 0.481 e. The predicted octanol–water partition coefficient (Wildman–Crippen LogP) is 6.87. The van der Waals surface area contributed by atoms with Crippen molar-refractivity contribution in [3.8, 4) is 0 Å². The van der Waals surface area contributed by atoms with Gasteiger partial charge in [-0.3, -0.25) is 24.1 Å². The number of carbonyl (C=O) groups excluding carboxylic acids is 3. The number of aryl methyl sites for hydroxylation is 2. The number of para-hydroxylation sites is 1. The van der Waals surface area contributed by atoms with E-state index in [4.69, 9.17) is 10.2 Å². The number of carboxylic acids is 2. The number of carbonyl (C=O) groups is 5. The van der Waals surface area contributed by atoms with E-state index in [0.29, 0.717) is 40.8 Å². The first-order valence-corrected chi connectivity index (χ1v) is 18.0. The number of H-pyrrole nitrogens is 1. The maximum Gasteiger partial charge on any atom is 0.335 e. The molecule has 0 spiro atoms. The number of halogens is 1. The number of amides is 3. The summed E-state index contributed by atoms with van der Waals surface area (Å²) >= 11 is 0. The van der Waals surface area contributed by atoms with E-state index in [0.717, 1.165) is 48.9 Å². The van der Waals surface area contributed by atoms with Crippen molar-refractivity contribution in [3.05, 3.63) is 130 Å². The van der Waals surface area contributed by atoms with Crippen molar-refractivity contribution in [2.75, 3.05) is 30.8 Å². The van der Waals surface area contributed by atoms with Crippen LogP contribution < -0.4 is 10.6 Å². The van der Waals surface area contributed by atoms with Crippen LogP contribution in [0.5, 0.6) is 0 Å². The van der Waals surface area contributed by atoms with Crippen molar-refractivity contribution in [1.82, 2.24) is 14.8 Å². The number of hydrogen-bond acceptors (Lipinski definition) is 6. The first kappa shape index (κ1) is 40.2. The Hall–Kier alpha value is -5.98. The molecule has 0 aliphatic carbocycles. The van der Waals surface area contributed by atoms with E-state index in [1.807, 2.05) is 78.9 Å². The number of aromatic carboxylic acids is 1. The van der Waals surface area contributed by atoms with Crippen molar-refractivity contribution in [3.63, 3.8) is 0 Å². The fraction of sp³-hybridized carbons (Fsp3) is 0.262. The molecule has 4 aromatic carbocycles. The second kappa shape index (κ2) is 18.4. The number of aromatic amines is 1. The molecule has 6 rings (SSSR count). The summed E-state index contributed by atoms with van der Waals surface area (Å²) in [5.74, 6) is -2.57. The van der Waals surface area contributed by atoms with Crippen LogP contribution in [0.3, 0.4) is 0 Å². The van der Waals surface area contributed by atoms with E-state index < -0.39 is 11.9 Å². The van der Waals surface area contributed by atoms with E-state index in [9.17, 15) is 24.0 Å². The second-order valence-corrected chi connectivity index (χ2v) is 13.7. The summed E-state index contributed by atoms with van der Waals surface area (Å²) in [6.07, 6.45) is 3.09. The number of rotatable bonds is 15. The lowest BCUT2D eigenvalue weighted by molar-refractivity contribution is -0.141. The molecule has 5 N–H and O–H groups in total. The summed E-state index contributed by atoms with van der Waals surface area (Å²) in [5.41, 5.74) is 5.45. The number of likely N-dealkylation sites (N-methyl/N-ethyl adjacent to an activating group) is 1. The summed E-state index contributed by atoms with van der Waals surface area (Å²) in [5, 5.41) is 24.6. The Balaban J connectivity index is 0.00000580. The Labute approximate surface area is 324 Å². The Morgan fingerprint density at radius 3 is 2.16 bits per heavy atom. The van der Waals surface area contributed by atoms with Crippen LogP contribution in [0.15, 0.2) is 97.1 Å². The molecule has 0 bridgehead atoms. The molecule has 1 aliphatic heterocycles. The van der Waals surface area contributed by atoms with Crippen molar-refractivity contribution in [2.24, 2.45) is 0 Å². The number of carboxylic acid groups (broad SMARTS) is 2. The molecule has 1 aromatic heterocycles. The van der Waals surface area contributed by atoms with Gasteiger partial charge in [0.15, 0.2) is 0 Å². The lowest BCUT2D eigenvalue weighted by atomic mass is 10.0. The average molecular weight is 766 g/mol. The van der Waals surface area contributed by atoms with Crippen LogP contribution in [0.1, 0.15) is 73.4 Å². The molecule has 55 heavy (non-hydrogen) atoms. The summed E-state index contributed by atoms with van der Waals surface area (Å²) in [4.78, 5) is 68.8. The SMILES string of the molecule is CN(C(=O)CCC(=O)O)C1CCN(Cc2cccc(C(=O)Nc3[nH]c4ccccc4c3C(=O)Nc3ccc(CCCc4ccc(C(=O)O)cc4)cc3)c2)C1.Cl. The number of aromatic nitrogens is 1. The minimum atomic E-state index is -0.992. The first-order valence-electron chi connectivity index (χ1n) is 18.0. The van der Waals surface area contributed by atoms with Crippen molar-refractivity contribution >= 4 is 64.5 Å². The maximum absolute atomic E-state index is 13.8. The standard InChI is InChI=1S/C42H43N5O7.ClH/c1-46(36(48)20-21-37(49)50)33-22-23-47(26-33)25-29-8-5-9-31(24-29)40(51)45-39-38(34-10-2-3-11-35(34)44-39)41(52)43-32-18-14-28(15-19-32)7-4-6-27-12-16-30(17-13-27)42(53)54;/h2-3,5,8-19,24,33,44H,4,6-7,20-23,25-26H2,1H3,(H,43,52)(H,45,51)(H,49,50)(H,53,54);1H. The van der Waals surface area contributed by atoms with Gasteiger partial charge in [-0.05, 0) is 84.8 Å². The van der Waals surface area contributed by atoms with Crippen LogP contribution >= 0.6 is 12.4 Å². The zero-order chi connectivity index (χ0) is 38.2. The van der Waals surface area contributed by atoms with E-state index >= 15 is 0 Å². The van der Waals surface area contributed by atoms with E-state index in [2.05, 4.69) is 20.5 Å². The van der Waals surface area contributed by atoms with Gasteiger partial charge in [0.25, 0.3) is 11.8 Å². The molecule has 13 heteroatoms. The third-order valence-corrected chi connectivity index (χ3v) is 9.85. The van der Waals surface area contributed by atoms with Crippen LogP contribution in [0.4, 0.5) is 11.5 Å². The quantitative estimate of drug-likeness (QED) is 0.0769. The van der Waals surface area contributed by atoms with Gasteiger partial charge in [-0.2, -0.15) is 0 Å². The Kier molecular flexibility index (Phi) is 13.4. The summed E-state index contributed by atoms with van der Waals surface area (Å²) in [6, 6.07) is 29.2. The van der Waals surface area contributed by atoms with Gasteiger partial charge < -0.3 is 30.7 Å². The lowest BCUT2D eigenvalue weighted by Gasteiger charge is -2.25. The number of fused-ring (bicyclic) bond motifs is 1. The van der Waals surface area contributed by atoms with Gasteiger partial charge >= 0.3 is 11.9 Å². The molecule has 12 nitrogen and oxygen atoms in total. The van der Waals surface area contributed by atoms with E-state index in [1.54, 1.807) is 30.1 Å². The highest BCUT2D eigenvalue weighted by Gasteiger charge is 2.29. The molecule has 5 aromatic rings. The molecular formula is C42H44ClN5O7. The Bertz CT molecular complexity index is 2170. The van der Waals surface area contributed by atoms with Gasteiger partial charge in [0.1, 0.15) is 5.82 Å². The zero-order valence-electron chi connectivity index (χ0n) is 30.4. The third kappa shape index (κ3) is 10.4. The monoisotopic (exact) mass is 765 g/mol. The van der Waals surface area contributed by atoms with E-state index in [1.165, 1.54) is 0 Å². The Morgan fingerprint density at radius 1 is 0.782 bits per heavy atom. The van der Waals surface area contributed by atoms with Gasteiger partial charge in [0, 0.05) is 61.3 Å². The fourth-order valence-electron chi connectivity index (χ4n) is 6.85. The average Bonchev–Trinajstić information content (AvgIpc) is 3.79. The van der Waals surface area contributed by atoms with Crippen molar-refractivity contribution < 1.29 is 34.2 Å².